The second kappa shape index (κ2) is 23.1. The number of carbonyl (C=O) groups excluding carboxylic acids is 2. The fraction of sp³-hybridized carbons (Fsp3) is 0.659. The van der Waals surface area contributed by atoms with E-state index in [1.807, 2.05) is 32.0 Å². The zero-order valence-electron chi connectivity index (χ0n) is 33.9. The number of unbranched alkanes of at least 4 members (excludes halogenated alkanes) is 3. The van der Waals surface area contributed by atoms with Crippen LogP contribution in [0.3, 0.4) is 0 Å². The number of aryl methyl sites for hydroxylation is 1. The van der Waals surface area contributed by atoms with Gasteiger partial charge in [-0.05, 0) is 19.9 Å². The SMILES string of the molecule is CCC[CH2][Sn]([CH2]CCC)([CH2]CCC)[c]1cc(CN2CCN(C(=O)OCC)CC2)no1.CCOC(=O)N1CCN(Cc2cc(-c3cccc(C)c3)on2)CC1. The van der Waals surface area contributed by atoms with Crippen LogP contribution in [-0.2, 0) is 22.6 Å². The number of piperazine rings is 2. The molecule has 0 aliphatic carbocycles. The summed E-state index contributed by atoms with van der Waals surface area (Å²) in [4.78, 5) is 31.8. The van der Waals surface area contributed by atoms with Crippen LogP contribution in [0.25, 0.3) is 11.3 Å². The summed E-state index contributed by atoms with van der Waals surface area (Å²) >= 11 is -2.54. The third-order valence-electron chi connectivity index (χ3n) is 10.5. The Morgan fingerprint density at radius 3 is 1.61 bits per heavy atom. The van der Waals surface area contributed by atoms with E-state index in [2.05, 4.69) is 66.0 Å². The van der Waals surface area contributed by atoms with Crippen molar-refractivity contribution in [3.05, 3.63) is 53.3 Å². The summed E-state index contributed by atoms with van der Waals surface area (Å²) < 4.78 is 27.2. The first-order valence-electron chi connectivity index (χ1n) is 20.5. The van der Waals surface area contributed by atoms with Gasteiger partial charge in [-0.2, -0.15) is 0 Å². The molecular formula is C41H66N6O6Sn. The maximum absolute atomic E-state index is 11.9. The number of carbonyl (C=O) groups is 2. The molecule has 12 nitrogen and oxygen atoms in total. The first kappa shape index (κ1) is 43.6. The van der Waals surface area contributed by atoms with E-state index in [0.717, 1.165) is 75.1 Å². The number of nitrogens with zero attached hydrogens (tertiary/aromatic N) is 6. The van der Waals surface area contributed by atoms with Crippen molar-refractivity contribution in [2.45, 2.75) is 106 Å². The van der Waals surface area contributed by atoms with E-state index in [4.69, 9.17) is 18.5 Å². The molecule has 2 saturated heterocycles. The average molecular weight is 858 g/mol. The summed E-state index contributed by atoms with van der Waals surface area (Å²) in [5.74, 6) is 0.791. The minimum Gasteiger partial charge on any atom is -0.450 e. The van der Waals surface area contributed by atoms with Crippen molar-refractivity contribution in [2.24, 2.45) is 0 Å². The summed E-state index contributed by atoms with van der Waals surface area (Å²) in [7, 11) is 0. The third kappa shape index (κ3) is 13.3. The Bertz CT molecular complexity index is 1510. The fourth-order valence-corrected chi connectivity index (χ4v) is 22.4. The summed E-state index contributed by atoms with van der Waals surface area (Å²) in [6.07, 6.45) is 7.37. The van der Waals surface area contributed by atoms with Crippen molar-refractivity contribution in [1.82, 2.24) is 29.9 Å². The molecule has 2 fully saturated rings. The number of ether oxygens (including phenoxy) is 2. The van der Waals surface area contributed by atoms with Gasteiger partial charge in [0.1, 0.15) is 0 Å². The van der Waals surface area contributed by atoms with Crippen molar-refractivity contribution < 1.29 is 28.1 Å². The number of benzene rings is 1. The van der Waals surface area contributed by atoms with E-state index in [1.165, 1.54) is 61.2 Å². The molecule has 5 rings (SSSR count). The average Bonchev–Trinajstić information content (AvgIpc) is 3.86. The number of amides is 2. The van der Waals surface area contributed by atoms with Crippen LogP contribution >= 0.6 is 0 Å². The molecule has 0 atom stereocenters. The van der Waals surface area contributed by atoms with Crippen LogP contribution in [0.5, 0.6) is 0 Å². The van der Waals surface area contributed by atoms with Gasteiger partial charge in [0.2, 0.25) is 0 Å². The number of aromatic nitrogens is 2. The summed E-state index contributed by atoms with van der Waals surface area (Å²) in [5.41, 5.74) is 4.22. The summed E-state index contributed by atoms with van der Waals surface area (Å²) in [5, 5.41) is 8.69. The number of rotatable bonds is 17. The standard InChI is InChI=1S/C18H23N3O3.C11H16N3O3.3C4H9.Sn/c1-3-23-18(22)21-9-7-20(8-10-21)13-16-12-17(24-19-16)15-6-4-5-14(2)11-15;1-2-16-11(15)14-6-4-13(5-7-14)9-10-3-8-17-12-10;3*1-3-4-2;/h4-6,11-12H,3,7-10,13H2,1-2H3;3H,2,4-7,9H2,1H3;3*1,3-4H2,2H3;. The van der Waals surface area contributed by atoms with Crippen molar-refractivity contribution in [3.8, 4) is 11.3 Å². The Kier molecular flexibility index (Phi) is 18.6. The van der Waals surface area contributed by atoms with Crippen LogP contribution < -0.4 is 3.78 Å². The van der Waals surface area contributed by atoms with Gasteiger partial charge in [0, 0.05) is 44.4 Å². The molecule has 0 saturated carbocycles. The first-order chi connectivity index (χ1) is 26.2. The largest absolute Gasteiger partial charge is 0.450 e. The van der Waals surface area contributed by atoms with E-state index in [0.29, 0.717) is 26.3 Å². The van der Waals surface area contributed by atoms with Gasteiger partial charge in [0.25, 0.3) is 0 Å². The molecule has 300 valence electrons. The molecule has 0 radical (unpaired) electrons. The molecule has 1 aromatic carbocycles. The minimum absolute atomic E-state index is 0.192. The fourth-order valence-electron chi connectivity index (χ4n) is 7.31. The molecular weight excluding hydrogens is 791 g/mol. The molecule has 0 N–H and O–H groups in total. The minimum atomic E-state index is -2.54. The quantitative estimate of drug-likeness (QED) is 0.124. The van der Waals surface area contributed by atoms with E-state index in [9.17, 15) is 9.59 Å². The van der Waals surface area contributed by atoms with Crippen LogP contribution in [-0.4, -0.2) is 126 Å². The molecule has 2 aromatic heterocycles. The van der Waals surface area contributed by atoms with Gasteiger partial charge in [0.05, 0.1) is 12.3 Å². The van der Waals surface area contributed by atoms with Crippen molar-refractivity contribution in [3.63, 3.8) is 0 Å². The van der Waals surface area contributed by atoms with Gasteiger partial charge in [-0.1, -0.05) is 28.9 Å². The molecule has 54 heavy (non-hydrogen) atoms. The molecule has 3 aromatic rings. The Morgan fingerprint density at radius 2 is 1.15 bits per heavy atom. The molecule has 2 aliphatic heterocycles. The van der Waals surface area contributed by atoms with E-state index in [1.54, 1.807) is 9.80 Å². The van der Waals surface area contributed by atoms with Gasteiger partial charge in [-0.25, -0.2) is 4.79 Å². The second-order valence-corrected chi connectivity index (χ2v) is 27.7. The van der Waals surface area contributed by atoms with Gasteiger partial charge < -0.3 is 14.2 Å². The van der Waals surface area contributed by atoms with Crippen molar-refractivity contribution in [1.29, 1.82) is 0 Å². The van der Waals surface area contributed by atoms with Crippen LogP contribution in [0.2, 0.25) is 13.3 Å². The predicted molar refractivity (Wildman–Crippen MR) is 215 cm³/mol. The molecule has 0 unspecified atom stereocenters. The van der Waals surface area contributed by atoms with Crippen LogP contribution in [0.15, 0.2) is 45.4 Å². The van der Waals surface area contributed by atoms with Crippen LogP contribution in [0.1, 0.15) is 90.1 Å². The Labute approximate surface area is 327 Å². The zero-order chi connectivity index (χ0) is 38.8. The predicted octanol–water partition coefficient (Wildman–Crippen LogP) is 7.93. The molecule has 13 heteroatoms. The Hall–Kier alpha value is -3.10. The second-order valence-electron chi connectivity index (χ2n) is 14.7. The number of hydrogen-bond donors (Lipinski definition) is 0. The van der Waals surface area contributed by atoms with Crippen molar-refractivity contribution in [2.75, 3.05) is 65.6 Å². The smallest absolute Gasteiger partial charge is 0.409 e. The Balaban J connectivity index is 0.000000246. The van der Waals surface area contributed by atoms with E-state index < -0.39 is 18.4 Å². The first-order valence-corrected chi connectivity index (χ1v) is 28.0. The van der Waals surface area contributed by atoms with E-state index in [-0.39, 0.29) is 12.2 Å². The molecule has 0 bridgehead atoms. The zero-order valence-corrected chi connectivity index (χ0v) is 36.8. The van der Waals surface area contributed by atoms with E-state index >= 15 is 0 Å². The Morgan fingerprint density at radius 1 is 0.667 bits per heavy atom. The van der Waals surface area contributed by atoms with Crippen LogP contribution in [0, 0.1) is 6.92 Å². The van der Waals surface area contributed by atoms with Crippen molar-refractivity contribution >= 4 is 34.3 Å². The van der Waals surface area contributed by atoms with Gasteiger partial charge in [-0.15, -0.1) is 0 Å². The molecule has 4 heterocycles. The number of hydrogen-bond acceptors (Lipinski definition) is 10. The molecule has 2 amide bonds. The van der Waals surface area contributed by atoms with Gasteiger partial charge in [-0.3, -0.25) is 4.90 Å². The molecule has 0 spiro atoms. The monoisotopic (exact) mass is 858 g/mol. The summed E-state index contributed by atoms with van der Waals surface area (Å²) in [6, 6.07) is 12.5. The van der Waals surface area contributed by atoms with Gasteiger partial charge in [0.15, 0.2) is 5.76 Å². The topological polar surface area (TPSA) is 118 Å². The maximum atomic E-state index is 11.9. The van der Waals surface area contributed by atoms with Crippen LogP contribution in [0.4, 0.5) is 9.59 Å². The van der Waals surface area contributed by atoms with Gasteiger partial charge >= 0.3 is 194 Å². The summed E-state index contributed by atoms with van der Waals surface area (Å²) in [6.45, 7) is 21.2. The maximum Gasteiger partial charge on any atom is 0.409 e. The molecule has 2 aliphatic rings. The third-order valence-corrected chi connectivity index (χ3v) is 25.4. The normalized spacial score (nSPS) is 15.5.